The Kier molecular flexibility index (Phi) is 9.47. The molecule has 13 nitrogen and oxygen atoms in total. The van der Waals surface area contributed by atoms with E-state index in [9.17, 15) is 21.4 Å². The van der Waals surface area contributed by atoms with Crippen molar-refractivity contribution in [1.29, 1.82) is 0 Å². The van der Waals surface area contributed by atoms with Crippen LogP contribution in [-0.4, -0.2) is 53.3 Å². The number of ether oxygens (including phenoxy) is 1. The van der Waals surface area contributed by atoms with Crippen LogP contribution >= 0.6 is 46.4 Å². The number of halogens is 4. The lowest BCUT2D eigenvalue weighted by Crippen LogP contribution is -2.09. The molecule has 3 aromatic rings. The summed E-state index contributed by atoms with van der Waals surface area (Å²) < 4.78 is 68.7. The van der Waals surface area contributed by atoms with Gasteiger partial charge in [-0.25, -0.2) is 0 Å². The summed E-state index contributed by atoms with van der Waals surface area (Å²) in [6.45, 7) is -0.139. The van der Waals surface area contributed by atoms with Crippen LogP contribution in [0.2, 0.25) is 20.6 Å². The van der Waals surface area contributed by atoms with Gasteiger partial charge in [-0.15, -0.1) is 5.11 Å². The minimum Gasteiger partial charge on any atom is -0.491 e. The van der Waals surface area contributed by atoms with Gasteiger partial charge in [0.15, 0.2) is 0 Å². The molecule has 2 aromatic carbocycles. The Morgan fingerprint density at radius 1 is 0.892 bits per heavy atom. The maximum absolute atomic E-state index is 11.5. The van der Waals surface area contributed by atoms with E-state index in [1.54, 1.807) is 0 Å². The molecule has 0 unspecified atom stereocenters. The van der Waals surface area contributed by atoms with Gasteiger partial charge >= 0.3 is 0 Å². The molecule has 0 saturated carbocycles. The van der Waals surface area contributed by atoms with Crippen LogP contribution in [0.15, 0.2) is 45.5 Å². The van der Waals surface area contributed by atoms with Crippen molar-refractivity contribution in [3.05, 3.63) is 50.9 Å². The summed E-state index contributed by atoms with van der Waals surface area (Å²) in [6.07, 6.45) is -0.0512. The van der Waals surface area contributed by atoms with E-state index in [0.29, 0.717) is 0 Å². The molecule has 0 radical (unpaired) electrons. The van der Waals surface area contributed by atoms with Gasteiger partial charge in [-0.05, 0) is 53.9 Å². The predicted octanol–water partition coefficient (Wildman–Crippen LogP) is 5.55. The van der Waals surface area contributed by atoms with Gasteiger partial charge in [0.1, 0.15) is 16.3 Å². The Morgan fingerprint density at radius 3 is 2.19 bits per heavy atom. The van der Waals surface area contributed by atoms with Crippen molar-refractivity contribution in [2.45, 2.75) is 11.3 Å². The molecule has 0 fully saturated rings. The first-order chi connectivity index (χ1) is 17.2. The molecule has 0 aliphatic rings. The van der Waals surface area contributed by atoms with Gasteiger partial charge in [0.25, 0.3) is 20.2 Å². The fraction of sp³-hybridized carbons (Fsp3) is 0.167. The van der Waals surface area contributed by atoms with Crippen LogP contribution in [0.5, 0.6) is 5.75 Å². The lowest BCUT2D eigenvalue weighted by molar-refractivity contribution is 0.317. The maximum atomic E-state index is 11.5. The summed E-state index contributed by atoms with van der Waals surface area (Å²) in [5.41, 5.74) is 0.293. The predicted molar refractivity (Wildman–Crippen MR) is 137 cm³/mol. The fourth-order valence-electron chi connectivity index (χ4n) is 2.63. The third-order valence-electron chi connectivity index (χ3n) is 4.15. The van der Waals surface area contributed by atoms with Crippen LogP contribution < -0.4 is 10.1 Å². The maximum Gasteiger partial charge on any atom is 0.296 e. The molecule has 1 heterocycles. The van der Waals surface area contributed by atoms with Crippen LogP contribution in [0.1, 0.15) is 6.42 Å². The molecular formula is C18H14Cl4N6O7S2. The largest absolute Gasteiger partial charge is 0.491 e. The van der Waals surface area contributed by atoms with Crippen molar-refractivity contribution in [2.75, 3.05) is 17.7 Å². The van der Waals surface area contributed by atoms with Gasteiger partial charge in [-0.1, -0.05) is 23.2 Å². The molecule has 37 heavy (non-hydrogen) atoms. The summed E-state index contributed by atoms with van der Waals surface area (Å²) in [4.78, 5) is 10.8. The third kappa shape index (κ3) is 8.86. The van der Waals surface area contributed by atoms with Crippen LogP contribution in [0.3, 0.4) is 0 Å². The van der Waals surface area contributed by atoms with Crippen molar-refractivity contribution in [2.24, 2.45) is 10.2 Å². The van der Waals surface area contributed by atoms with Crippen molar-refractivity contribution in [1.82, 2.24) is 15.0 Å². The zero-order valence-corrected chi connectivity index (χ0v) is 22.7. The lowest BCUT2D eigenvalue weighted by Gasteiger charge is -2.14. The third-order valence-corrected chi connectivity index (χ3v) is 6.93. The van der Waals surface area contributed by atoms with E-state index in [1.165, 1.54) is 24.3 Å². The SMILES string of the molecule is O=S(=O)(O)CCCOc1cc(N=Nc2ccc(Cl)c(S(=O)(=O)O)c2)c(Cl)cc1Nc1nc(Cl)nc(Cl)n1. The summed E-state index contributed by atoms with van der Waals surface area (Å²) in [7, 11) is -8.80. The monoisotopic (exact) mass is 630 g/mol. The number of hydrogen-bond donors (Lipinski definition) is 3. The van der Waals surface area contributed by atoms with Gasteiger partial charge in [0, 0.05) is 6.07 Å². The topological polar surface area (TPSA) is 193 Å². The normalized spacial score (nSPS) is 12.2. The molecule has 0 aliphatic heterocycles. The number of aromatic nitrogens is 3. The molecule has 1 aromatic heterocycles. The second kappa shape index (κ2) is 12.0. The second-order valence-electron chi connectivity index (χ2n) is 6.90. The van der Waals surface area contributed by atoms with Gasteiger partial charge in [0.2, 0.25) is 16.5 Å². The van der Waals surface area contributed by atoms with E-state index in [4.69, 9.17) is 55.7 Å². The molecule has 198 valence electrons. The Bertz CT molecular complexity index is 1550. The molecule has 3 rings (SSSR count). The minimum atomic E-state index is -4.60. The highest BCUT2D eigenvalue weighted by Gasteiger charge is 2.16. The standard InChI is InChI=1S/C18H14Cl4N6O7S2/c19-10-3-2-9(6-15(10)37(32,33)34)27-28-12-8-14(35-4-1-5-36(29,30)31)13(7-11(12)20)23-18-25-16(21)24-17(22)26-18/h2-3,6-8H,1,4-5H2,(H,29,30,31)(H,32,33,34)(H,23,24,25,26). The number of azo groups is 1. The highest BCUT2D eigenvalue weighted by atomic mass is 35.5. The first-order valence-corrected chi connectivity index (χ1v) is 14.2. The summed E-state index contributed by atoms with van der Waals surface area (Å²) in [6, 6.07) is 6.27. The molecule has 0 saturated heterocycles. The number of hydrogen-bond acceptors (Lipinski definition) is 11. The number of benzene rings is 2. The molecular weight excluding hydrogens is 618 g/mol. The lowest BCUT2D eigenvalue weighted by atomic mass is 10.2. The van der Waals surface area contributed by atoms with E-state index in [0.717, 1.165) is 6.07 Å². The summed E-state index contributed by atoms with van der Waals surface area (Å²) in [5.74, 6) is -0.505. The minimum absolute atomic E-state index is 0.0281. The number of rotatable bonds is 10. The smallest absolute Gasteiger partial charge is 0.296 e. The van der Waals surface area contributed by atoms with Crippen molar-refractivity contribution in [3.63, 3.8) is 0 Å². The zero-order chi connectivity index (χ0) is 27.4. The molecule has 0 atom stereocenters. The zero-order valence-electron chi connectivity index (χ0n) is 18.0. The van der Waals surface area contributed by atoms with Crippen LogP contribution in [0.4, 0.5) is 23.0 Å². The average molecular weight is 632 g/mol. The van der Waals surface area contributed by atoms with Gasteiger partial charge in [-0.2, -0.15) is 36.9 Å². The molecule has 0 bridgehead atoms. The van der Waals surface area contributed by atoms with E-state index >= 15 is 0 Å². The first-order valence-electron chi connectivity index (χ1n) is 9.65. The van der Waals surface area contributed by atoms with E-state index in [2.05, 4.69) is 30.5 Å². The van der Waals surface area contributed by atoms with E-state index in [1.807, 2.05) is 0 Å². The van der Waals surface area contributed by atoms with Crippen LogP contribution in [0, 0.1) is 0 Å². The van der Waals surface area contributed by atoms with Crippen LogP contribution in [0.25, 0.3) is 0 Å². The Hall–Kier alpha value is -2.37. The highest BCUT2D eigenvalue weighted by molar-refractivity contribution is 7.86. The average Bonchev–Trinajstić information content (AvgIpc) is 2.76. The molecule has 0 spiro atoms. The quantitative estimate of drug-likeness (QED) is 0.144. The Balaban J connectivity index is 1.95. The molecule has 3 N–H and O–H groups in total. The number of nitrogens with zero attached hydrogens (tertiary/aromatic N) is 5. The Morgan fingerprint density at radius 2 is 1.57 bits per heavy atom. The van der Waals surface area contributed by atoms with Gasteiger partial charge in [-0.3, -0.25) is 9.11 Å². The van der Waals surface area contributed by atoms with Crippen molar-refractivity contribution < 1.29 is 30.7 Å². The Labute approximate surface area is 230 Å². The van der Waals surface area contributed by atoms with Crippen molar-refractivity contribution in [3.8, 4) is 5.75 Å². The van der Waals surface area contributed by atoms with E-state index in [-0.39, 0.29) is 62.4 Å². The van der Waals surface area contributed by atoms with Gasteiger partial charge < -0.3 is 10.1 Å². The van der Waals surface area contributed by atoms with Crippen molar-refractivity contribution >= 4 is 89.7 Å². The van der Waals surface area contributed by atoms with Crippen LogP contribution in [-0.2, 0) is 20.2 Å². The second-order valence-corrected chi connectivity index (χ2v) is 11.4. The molecule has 0 aliphatic carbocycles. The first kappa shape index (κ1) is 29.2. The fourth-order valence-corrected chi connectivity index (χ4v) is 4.67. The molecule has 0 amide bonds. The summed E-state index contributed by atoms with van der Waals surface area (Å²) >= 11 is 23.7. The number of nitrogens with one attached hydrogen (secondary N) is 1. The highest BCUT2D eigenvalue weighted by Crippen LogP contribution is 2.38. The summed E-state index contributed by atoms with van der Waals surface area (Å²) in [5, 5.41) is 10.1. The molecule has 19 heteroatoms. The van der Waals surface area contributed by atoms with Gasteiger partial charge in [0.05, 0.1) is 33.8 Å². The van der Waals surface area contributed by atoms with E-state index < -0.39 is 30.9 Å². The number of anilines is 2.